The molecule has 0 aliphatic carbocycles. The summed E-state index contributed by atoms with van der Waals surface area (Å²) in [6.07, 6.45) is 2.34. The molecule has 0 aromatic carbocycles. The molecule has 3 N–H and O–H groups in total. The van der Waals surface area contributed by atoms with Gasteiger partial charge in [-0.05, 0) is 38.9 Å². The fourth-order valence-corrected chi connectivity index (χ4v) is 2.38. The maximum absolute atomic E-state index is 12.0. The minimum atomic E-state index is -0.439. The highest BCUT2D eigenvalue weighted by Gasteiger charge is 2.44. The molecule has 0 aromatic heterocycles. The molecule has 0 bridgehead atoms. The maximum atomic E-state index is 12.0. The first-order chi connectivity index (χ1) is 8.16. The molecule has 5 heteroatoms. The van der Waals surface area contributed by atoms with Gasteiger partial charge in [0.25, 0.3) is 0 Å². The van der Waals surface area contributed by atoms with E-state index in [0.717, 1.165) is 19.6 Å². The second kappa shape index (κ2) is 5.33. The van der Waals surface area contributed by atoms with Crippen LogP contribution in [0.1, 0.15) is 12.8 Å². The highest BCUT2D eigenvalue weighted by atomic mass is 16.5. The molecule has 17 heavy (non-hydrogen) atoms. The van der Waals surface area contributed by atoms with E-state index in [4.69, 9.17) is 10.5 Å². The molecule has 2 aliphatic rings. The number of rotatable bonds is 4. The van der Waals surface area contributed by atoms with Gasteiger partial charge in [0.2, 0.25) is 5.91 Å². The summed E-state index contributed by atoms with van der Waals surface area (Å²) in [7, 11) is 2.14. The molecule has 2 rings (SSSR count). The number of hydrogen-bond acceptors (Lipinski definition) is 4. The molecular weight excluding hydrogens is 218 g/mol. The molecule has 0 spiro atoms. The molecule has 2 saturated heterocycles. The third-order valence-corrected chi connectivity index (χ3v) is 4.02. The second-order valence-electron chi connectivity index (χ2n) is 5.43. The second-order valence-corrected chi connectivity index (χ2v) is 5.43. The number of carbonyl (C=O) groups is 1. The van der Waals surface area contributed by atoms with Gasteiger partial charge >= 0.3 is 0 Å². The van der Waals surface area contributed by atoms with E-state index >= 15 is 0 Å². The van der Waals surface area contributed by atoms with Crippen molar-refractivity contribution in [3.63, 3.8) is 0 Å². The van der Waals surface area contributed by atoms with Crippen LogP contribution in [-0.4, -0.2) is 57.2 Å². The highest BCUT2D eigenvalue weighted by Crippen LogP contribution is 2.26. The van der Waals surface area contributed by atoms with Crippen LogP contribution in [0.3, 0.4) is 0 Å². The minimum absolute atomic E-state index is 0.0742. The third kappa shape index (κ3) is 2.78. The number of likely N-dealkylation sites (tertiary alicyclic amines) is 1. The van der Waals surface area contributed by atoms with Crippen LogP contribution >= 0.6 is 0 Å². The lowest BCUT2D eigenvalue weighted by atomic mass is 9.84. The molecule has 2 aliphatic heterocycles. The van der Waals surface area contributed by atoms with Crippen LogP contribution in [0, 0.1) is 11.3 Å². The summed E-state index contributed by atoms with van der Waals surface area (Å²) in [5, 5.41) is 3.04. The molecule has 0 atom stereocenters. The van der Waals surface area contributed by atoms with E-state index in [2.05, 4.69) is 17.3 Å². The van der Waals surface area contributed by atoms with Crippen LogP contribution in [-0.2, 0) is 9.53 Å². The van der Waals surface area contributed by atoms with Gasteiger partial charge in [0.05, 0.1) is 13.2 Å². The predicted octanol–water partition coefficient (Wildman–Crippen LogP) is -0.580. The number of hydrogen-bond donors (Lipinski definition) is 2. The zero-order valence-electron chi connectivity index (χ0n) is 10.6. The Morgan fingerprint density at radius 1 is 1.47 bits per heavy atom. The van der Waals surface area contributed by atoms with Crippen LogP contribution in [0.15, 0.2) is 0 Å². The molecule has 0 unspecified atom stereocenters. The first kappa shape index (κ1) is 12.8. The van der Waals surface area contributed by atoms with Crippen molar-refractivity contribution in [2.45, 2.75) is 12.8 Å². The van der Waals surface area contributed by atoms with E-state index in [0.29, 0.717) is 25.7 Å². The van der Waals surface area contributed by atoms with Gasteiger partial charge in [-0.3, -0.25) is 4.79 Å². The molecule has 2 heterocycles. The van der Waals surface area contributed by atoms with E-state index in [1.807, 2.05) is 0 Å². The van der Waals surface area contributed by atoms with Crippen molar-refractivity contribution < 1.29 is 9.53 Å². The van der Waals surface area contributed by atoms with Gasteiger partial charge in [-0.1, -0.05) is 0 Å². The van der Waals surface area contributed by atoms with E-state index in [1.54, 1.807) is 0 Å². The summed E-state index contributed by atoms with van der Waals surface area (Å²) >= 11 is 0. The van der Waals surface area contributed by atoms with Crippen molar-refractivity contribution >= 4 is 5.91 Å². The number of amides is 1. The predicted molar refractivity (Wildman–Crippen MR) is 65.5 cm³/mol. The van der Waals surface area contributed by atoms with E-state index in [-0.39, 0.29) is 5.91 Å². The molecule has 0 aromatic rings. The summed E-state index contributed by atoms with van der Waals surface area (Å²) in [6.45, 7) is 4.38. The van der Waals surface area contributed by atoms with Crippen molar-refractivity contribution in [2.75, 3.05) is 46.4 Å². The lowest BCUT2D eigenvalue weighted by Gasteiger charge is -2.39. The lowest BCUT2D eigenvalue weighted by Crippen LogP contribution is -2.58. The van der Waals surface area contributed by atoms with Gasteiger partial charge in [-0.2, -0.15) is 0 Å². The maximum Gasteiger partial charge on any atom is 0.232 e. The summed E-state index contributed by atoms with van der Waals surface area (Å²) in [5.41, 5.74) is 5.21. The largest absolute Gasteiger partial charge is 0.379 e. The third-order valence-electron chi connectivity index (χ3n) is 4.02. The van der Waals surface area contributed by atoms with Crippen molar-refractivity contribution in [2.24, 2.45) is 17.1 Å². The average molecular weight is 241 g/mol. The molecule has 0 radical (unpaired) electrons. The van der Waals surface area contributed by atoms with Gasteiger partial charge < -0.3 is 20.7 Å². The van der Waals surface area contributed by atoms with Gasteiger partial charge in [0, 0.05) is 13.1 Å². The fourth-order valence-electron chi connectivity index (χ4n) is 2.38. The first-order valence-corrected chi connectivity index (χ1v) is 6.41. The average Bonchev–Trinajstić information content (AvgIpc) is 2.27. The van der Waals surface area contributed by atoms with Gasteiger partial charge in [-0.25, -0.2) is 0 Å². The Bertz CT molecular complexity index is 265. The highest BCUT2D eigenvalue weighted by molar-refractivity contribution is 5.84. The molecule has 0 saturated carbocycles. The van der Waals surface area contributed by atoms with Crippen LogP contribution in [0.25, 0.3) is 0 Å². The quantitative estimate of drug-likeness (QED) is 0.691. The molecule has 2 fully saturated rings. The van der Waals surface area contributed by atoms with E-state index in [9.17, 15) is 4.79 Å². The summed E-state index contributed by atoms with van der Waals surface area (Å²) in [5.74, 6) is 0.691. The van der Waals surface area contributed by atoms with Crippen molar-refractivity contribution in [3.8, 4) is 0 Å². The van der Waals surface area contributed by atoms with Crippen LogP contribution in [0.5, 0.6) is 0 Å². The monoisotopic (exact) mass is 241 g/mol. The normalized spacial score (nSPS) is 25.3. The topological polar surface area (TPSA) is 67.6 Å². The Hall–Kier alpha value is -0.650. The molecule has 5 nitrogen and oxygen atoms in total. The molecule has 98 valence electrons. The SMILES string of the molecule is CN1CCC(CNC(=O)C2(CN)COC2)CC1. The Morgan fingerprint density at radius 3 is 2.59 bits per heavy atom. The smallest absolute Gasteiger partial charge is 0.232 e. The standard InChI is InChI=1S/C12H23N3O2/c1-15-4-2-10(3-5-15)6-14-11(16)12(7-13)8-17-9-12/h10H,2-9,13H2,1H3,(H,14,16). The van der Waals surface area contributed by atoms with Gasteiger partial charge in [0.1, 0.15) is 5.41 Å². The van der Waals surface area contributed by atoms with Crippen LogP contribution in [0.4, 0.5) is 0 Å². The number of nitrogens with one attached hydrogen (secondary N) is 1. The summed E-state index contributed by atoms with van der Waals surface area (Å²) in [6, 6.07) is 0. The Morgan fingerprint density at radius 2 is 2.12 bits per heavy atom. The van der Waals surface area contributed by atoms with Crippen molar-refractivity contribution in [1.82, 2.24) is 10.2 Å². The van der Waals surface area contributed by atoms with Crippen LogP contribution in [0.2, 0.25) is 0 Å². The zero-order chi connectivity index (χ0) is 12.3. The number of nitrogens with two attached hydrogens (primary N) is 1. The van der Waals surface area contributed by atoms with E-state index in [1.165, 1.54) is 12.8 Å². The zero-order valence-corrected chi connectivity index (χ0v) is 10.6. The van der Waals surface area contributed by atoms with Crippen molar-refractivity contribution in [1.29, 1.82) is 0 Å². The Kier molecular flexibility index (Phi) is 4.01. The van der Waals surface area contributed by atoms with E-state index < -0.39 is 5.41 Å². The van der Waals surface area contributed by atoms with Gasteiger partial charge in [-0.15, -0.1) is 0 Å². The Labute approximate surface area is 103 Å². The number of nitrogens with zero attached hydrogens (tertiary/aromatic N) is 1. The van der Waals surface area contributed by atoms with Crippen LogP contribution < -0.4 is 11.1 Å². The molecular formula is C12H23N3O2. The Balaban J connectivity index is 1.73. The number of ether oxygens (including phenoxy) is 1. The lowest BCUT2D eigenvalue weighted by molar-refractivity contribution is -0.159. The molecule has 1 amide bonds. The van der Waals surface area contributed by atoms with Crippen molar-refractivity contribution in [3.05, 3.63) is 0 Å². The number of carbonyl (C=O) groups excluding carboxylic acids is 1. The van der Waals surface area contributed by atoms with Gasteiger partial charge in [0.15, 0.2) is 0 Å². The number of piperidine rings is 1. The summed E-state index contributed by atoms with van der Waals surface area (Å²) < 4.78 is 5.11. The fraction of sp³-hybridized carbons (Fsp3) is 0.917. The summed E-state index contributed by atoms with van der Waals surface area (Å²) in [4.78, 5) is 14.3. The minimum Gasteiger partial charge on any atom is -0.379 e. The first-order valence-electron chi connectivity index (χ1n) is 6.41.